The van der Waals surface area contributed by atoms with Gasteiger partial charge in [-0.15, -0.1) is 0 Å². The second-order valence-corrected chi connectivity index (χ2v) is 9.68. The fourth-order valence-corrected chi connectivity index (χ4v) is 6.50. The van der Waals surface area contributed by atoms with Gasteiger partial charge in [-0.25, -0.2) is 13.4 Å². The van der Waals surface area contributed by atoms with Gasteiger partial charge in [0.25, 0.3) is 10.0 Å². The van der Waals surface area contributed by atoms with Gasteiger partial charge in [0.05, 0.1) is 9.48 Å². The molecule has 0 aliphatic heterocycles. The molecule has 2 aliphatic rings. The molecule has 0 atom stereocenters. The van der Waals surface area contributed by atoms with Crippen molar-refractivity contribution in [1.82, 2.24) is 9.29 Å². The second-order valence-electron chi connectivity index (χ2n) is 5.34. The molecule has 0 radical (unpaired) electrons. The SMILES string of the molecule is Cc1nc(S(=O)(=O)N(C2CCC2)C2CCC2)sc1Br. The third-order valence-electron chi connectivity index (χ3n) is 4.09. The summed E-state index contributed by atoms with van der Waals surface area (Å²) in [4.78, 5) is 4.23. The van der Waals surface area contributed by atoms with Crippen molar-refractivity contribution in [3.63, 3.8) is 0 Å². The van der Waals surface area contributed by atoms with Crippen LogP contribution in [0.25, 0.3) is 0 Å². The lowest BCUT2D eigenvalue weighted by atomic mass is 9.87. The average Bonchev–Trinajstić information content (AvgIpc) is 2.54. The van der Waals surface area contributed by atoms with E-state index in [4.69, 9.17) is 0 Å². The van der Waals surface area contributed by atoms with Gasteiger partial charge < -0.3 is 0 Å². The summed E-state index contributed by atoms with van der Waals surface area (Å²) in [6, 6.07) is 0.413. The molecule has 106 valence electrons. The number of aryl methyl sites for hydroxylation is 1. The quantitative estimate of drug-likeness (QED) is 0.823. The first-order valence-corrected chi connectivity index (χ1v) is 9.71. The number of nitrogens with zero attached hydrogens (tertiary/aromatic N) is 2. The number of aromatic nitrogens is 1. The molecule has 0 amide bonds. The molecule has 1 heterocycles. The van der Waals surface area contributed by atoms with Crippen LogP contribution in [0.2, 0.25) is 0 Å². The van der Waals surface area contributed by atoms with Crippen LogP contribution in [-0.4, -0.2) is 29.8 Å². The highest BCUT2D eigenvalue weighted by Crippen LogP contribution is 2.39. The summed E-state index contributed by atoms with van der Waals surface area (Å²) in [5.41, 5.74) is 0.755. The summed E-state index contributed by atoms with van der Waals surface area (Å²) in [6.45, 7) is 1.83. The van der Waals surface area contributed by atoms with Crippen molar-refractivity contribution in [1.29, 1.82) is 0 Å². The van der Waals surface area contributed by atoms with Crippen LogP contribution in [0.4, 0.5) is 0 Å². The van der Waals surface area contributed by atoms with Gasteiger partial charge in [-0.3, -0.25) is 0 Å². The Kier molecular flexibility index (Phi) is 3.75. The summed E-state index contributed by atoms with van der Waals surface area (Å²) in [6.07, 6.45) is 6.29. The molecule has 4 nitrogen and oxygen atoms in total. The topological polar surface area (TPSA) is 50.3 Å². The molecule has 19 heavy (non-hydrogen) atoms. The number of hydrogen-bond acceptors (Lipinski definition) is 4. The van der Waals surface area contributed by atoms with Gasteiger partial charge in [0, 0.05) is 12.1 Å². The van der Waals surface area contributed by atoms with E-state index in [1.54, 1.807) is 4.31 Å². The van der Waals surface area contributed by atoms with Gasteiger partial charge in [0.1, 0.15) is 0 Å². The summed E-state index contributed by atoms with van der Waals surface area (Å²) in [5, 5.41) is 0. The molecule has 1 aromatic heterocycles. The van der Waals surface area contributed by atoms with Crippen LogP contribution < -0.4 is 0 Å². The zero-order chi connectivity index (χ0) is 13.6. The van der Waals surface area contributed by atoms with Crippen molar-refractivity contribution in [2.75, 3.05) is 0 Å². The Balaban J connectivity index is 1.95. The monoisotopic (exact) mass is 364 g/mol. The van der Waals surface area contributed by atoms with Crippen LogP contribution in [0, 0.1) is 6.92 Å². The number of thiazole rings is 1. The smallest absolute Gasteiger partial charge is 0.228 e. The van der Waals surface area contributed by atoms with Crippen LogP contribution in [0.15, 0.2) is 8.13 Å². The van der Waals surface area contributed by atoms with E-state index in [-0.39, 0.29) is 16.4 Å². The number of rotatable bonds is 4. The highest BCUT2D eigenvalue weighted by molar-refractivity contribution is 9.11. The van der Waals surface area contributed by atoms with Crippen LogP contribution in [0.5, 0.6) is 0 Å². The van der Waals surface area contributed by atoms with Crippen molar-refractivity contribution in [2.24, 2.45) is 0 Å². The summed E-state index contributed by atoms with van der Waals surface area (Å²) >= 11 is 4.60. The predicted molar refractivity (Wildman–Crippen MR) is 78.9 cm³/mol. The molecular weight excluding hydrogens is 348 g/mol. The maximum Gasteiger partial charge on any atom is 0.270 e. The van der Waals surface area contributed by atoms with E-state index in [0.717, 1.165) is 48.0 Å². The molecule has 0 saturated heterocycles. The van der Waals surface area contributed by atoms with E-state index in [9.17, 15) is 8.42 Å². The molecule has 7 heteroatoms. The molecule has 0 spiro atoms. The lowest BCUT2D eigenvalue weighted by Crippen LogP contribution is -2.52. The third kappa shape index (κ3) is 2.39. The lowest BCUT2D eigenvalue weighted by molar-refractivity contribution is 0.124. The van der Waals surface area contributed by atoms with Crippen LogP contribution in [0.3, 0.4) is 0 Å². The first-order valence-electron chi connectivity index (χ1n) is 6.66. The Morgan fingerprint density at radius 3 is 2.05 bits per heavy atom. The number of sulfonamides is 1. The Hall–Kier alpha value is 0.0200. The van der Waals surface area contributed by atoms with E-state index in [0.29, 0.717) is 0 Å². The first-order chi connectivity index (χ1) is 9.00. The number of hydrogen-bond donors (Lipinski definition) is 0. The van der Waals surface area contributed by atoms with Crippen molar-refractivity contribution >= 4 is 37.3 Å². The minimum Gasteiger partial charge on any atom is -0.228 e. The second kappa shape index (κ2) is 5.09. The lowest BCUT2D eigenvalue weighted by Gasteiger charge is -2.44. The molecule has 0 N–H and O–H groups in total. The van der Waals surface area contributed by atoms with Crippen LogP contribution >= 0.6 is 27.3 Å². The molecule has 2 fully saturated rings. The summed E-state index contributed by atoms with van der Waals surface area (Å²) in [5.74, 6) is 0. The Morgan fingerprint density at radius 1 is 1.21 bits per heavy atom. The maximum atomic E-state index is 12.8. The molecule has 1 aromatic rings. The predicted octanol–water partition coefficient (Wildman–Crippen LogP) is 3.31. The molecule has 0 aromatic carbocycles. The van der Waals surface area contributed by atoms with E-state index in [1.807, 2.05) is 6.92 Å². The Morgan fingerprint density at radius 2 is 1.74 bits per heavy atom. The van der Waals surface area contributed by atoms with Crippen molar-refractivity contribution in [2.45, 2.75) is 61.9 Å². The van der Waals surface area contributed by atoms with E-state index in [1.165, 1.54) is 11.3 Å². The first kappa shape index (κ1) is 14.0. The van der Waals surface area contributed by atoms with Gasteiger partial charge in [0.2, 0.25) is 4.34 Å². The van der Waals surface area contributed by atoms with Gasteiger partial charge in [-0.2, -0.15) is 4.31 Å². The average molecular weight is 365 g/mol. The van der Waals surface area contributed by atoms with Gasteiger partial charge in [0.15, 0.2) is 0 Å². The van der Waals surface area contributed by atoms with Crippen LogP contribution in [0.1, 0.15) is 44.2 Å². The van der Waals surface area contributed by atoms with Crippen molar-refractivity contribution in [3.05, 3.63) is 9.48 Å². The van der Waals surface area contributed by atoms with Gasteiger partial charge >= 0.3 is 0 Å². The molecule has 2 aliphatic carbocycles. The van der Waals surface area contributed by atoms with Crippen molar-refractivity contribution < 1.29 is 8.42 Å². The highest BCUT2D eigenvalue weighted by Gasteiger charge is 2.43. The minimum atomic E-state index is -3.41. The van der Waals surface area contributed by atoms with Crippen LogP contribution in [-0.2, 0) is 10.0 Å². The molecule has 0 unspecified atom stereocenters. The van der Waals surface area contributed by atoms with Gasteiger partial charge in [-0.05, 0) is 48.5 Å². The zero-order valence-electron chi connectivity index (χ0n) is 10.8. The Labute approximate surface area is 126 Å². The normalized spacial score (nSPS) is 21.4. The summed E-state index contributed by atoms with van der Waals surface area (Å²) < 4.78 is 28.5. The summed E-state index contributed by atoms with van der Waals surface area (Å²) in [7, 11) is -3.41. The van der Waals surface area contributed by atoms with E-state index < -0.39 is 10.0 Å². The molecular formula is C12H17BrN2O2S2. The fraction of sp³-hybridized carbons (Fsp3) is 0.750. The Bertz CT molecular complexity index is 543. The number of halogens is 1. The maximum absolute atomic E-state index is 12.8. The minimum absolute atomic E-state index is 0.207. The molecule has 0 bridgehead atoms. The van der Waals surface area contributed by atoms with Gasteiger partial charge in [-0.1, -0.05) is 24.2 Å². The molecule has 3 rings (SSSR count). The zero-order valence-corrected chi connectivity index (χ0v) is 14.0. The van der Waals surface area contributed by atoms with Crippen molar-refractivity contribution in [3.8, 4) is 0 Å². The van der Waals surface area contributed by atoms with E-state index in [2.05, 4.69) is 20.9 Å². The van der Waals surface area contributed by atoms with E-state index >= 15 is 0 Å². The molecule has 2 saturated carbocycles. The third-order valence-corrected chi connectivity index (χ3v) is 8.45. The largest absolute Gasteiger partial charge is 0.270 e. The standard InChI is InChI=1S/C12H17BrN2O2S2/c1-8-11(13)18-12(14-8)19(16,17)15(9-4-2-5-9)10-6-3-7-10/h9-10H,2-7H2,1H3. The highest BCUT2D eigenvalue weighted by atomic mass is 79.9. The fourth-order valence-electron chi connectivity index (χ4n) is 2.53.